The number of imidazole rings is 1. The summed E-state index contributed by atoms with van der Waals surface area (Å²) in [6.07, 6.45) is 2.96. The first-order valence-corrected chi connectivity index (χ1v) is 8.19. The molecule has 0 saturated heterocycles. The molecule has 0 amide bonds. The second kappa shape index (κ2) is 12.0. The summed E-state index contributed by atoms with van der Waals surface area (Å²) in [7, 11) is 3.43. The summed E-state index contributed by atoms with van der Waals surface area (Å²) in [5.41, 5.74) is 3.11. The molecule has 0 bridgehead atoms. The highest BCUT2D eigenvalue weighted by Crippen LogP contribution is 2.08. The minimum Gasteiger partial charge on any atom is -0.382 e. The fourth-order valence-electron chi connectivity index (χ4n) is 2.30. The van der Waals surface area contributed by atoms with Crippen molar-refractivity contribution in [3.63, 3.8) is 0 Å². The highest BCUT2D eigenvalue weighted by Gasteiger charge is 2.04. The van der Waals surface area contributed by atoms with Crippen LogP contribution >= 0.6 is 24.0 Å². The zero-order chi connectivity index (χ0) is 17.2. The Bertz CT molecular complexity index is 660. The Labute approximate surface area is 166 Å². The number of aryl methyl sites for hydroxylation is 1. The number of ether oxygens (including phenoxy) is 2. The van der Waals surface area contributed by atoms with E-state index >= 15 is 0 Å². The van der Waals surface area contributed by atoms with Crippen molar-refractivity contribution in [2.75, 3.05) is 40.5 Å². The first kappa shape index (κ1) is 21.7. The minimum atomic E-state index is 0. The van der Waals surface area contributed by atoms with Gasteiger partial charge in [-0.25, -0.2) is 4.98 Å². The number of halogens is 1. The normalized spacial score (nSPS) is 11.4. The monoisotopic (exact) mass is 461 g/mol. The van der Waals surface area contributed by atoms with Crippen LogP contribution in [0.15, 0.2) is 29.4 Å². The van der Waals surface area contributed by atoms with Crippen LogP contribution in [0, 0.1) is 6.92 Å². The Balaban J connectivity index is 0.00000312. The number of guanidine groups is 1. The van der Waals surface area contributed by atoms with Gasteiger partial charge in [-0.05, 0) is 25.5 Å². The van der Waals surface area contributed by atoms with E-state index in [9.17, 15) is 0 Å². The Morgan fingerprint density at radius 3 is 2.80 bits per heavy atom. The number of rotatable bonds is 9. The molecule has 0 atom stereocenters. The lowest BCUT2D eigenvalue weighted by molar-refractivity contribution is 0.0698. The third-order valence-electron chi connectivity index (χ3n) is 3.60. The summed E-state index contributed by atoms with van der Waals surface area (Å²) in [6.45, 7) is 5.48. The van der Waals surface area contributed by atoms with Crippen LogP contribution in [0.1, 0.15) is 17.8 Å². The molecule has 0 spiro atoms. The molecule has 0 aliphatic rings. The molecule has 2 aromatic rings. The average Bonchev–Trinajstić information content (AvgIpc) is 3.01. The van der Waals surface area contributed by atoms with E-state index in [1.807, 2.05) is 12.1 Å². The number of pyridine rings is 1. The Morgan fingerprint density at radius 2 is 2.08 bits per heavy atom. The second-order valence-electron chi connectivity index (χ2n) is 5.44. The number of fused-ring (bicyclic) bond motifs is 1. The van der Waals surface area contributed by atoms with E-state index < -0.39 is 0 Å². The molecule has 0 fully saturated rings. The fourth-order valence-corrected chi connectivity index (χ4v) is 2.30. The SMILES string of the molecule is CN=C(NCCCOCCOC)NCc1cn2c(C)cccc2n1.I. The largest absolute Gasteiger partial charge is 0.382 e. The maximum Gasteiger partial charge on any atom is 0.191 e. The number of hydrogen-bond donors (Lipinski definition) is 2. The molecule has 0 aromatic carbocycles. The highest BCUT2D eigenvalue weighted by atomic mass is 127. The third kappa shape index (κ3) is 7.17. The lowest BCUT2D eigenvalue weighted by Crippen LogP contribution is -2.37. The zero-order valence-electron chi connectivity index (χ0n) is 15.1. The van der Waals surface area contributed by atoms with E-state index in [0.717, 1.165) is 30.3 Å². The van der Waals surface area contributed by atoms with Gasteiger partial charge in [0.1, 0.15) is 5.65 Å². The standard InChI is InChI=1S/C17H27N5O2.HI/c1-14-6-4-7-16-21-15(13-22(14)16)12-20-17(18-2)19-8-5-9-24-11-10-23-3;/h4,6-7,13H,5,8-12H2,1-3H3,(H2,18,19,20);1H. The minimum absolute atomic E-state index is 0. The molecule has 0 aliphatic heterocycles. The molecule has 7 nitrogen and oxygen atoms in total. The summed E-state index contributed by atoms with van der Waals surface area (Å²) in [4.78, 5) is 8.82. The summed E-state index contributed by atoms with van der Waals surface area (Å²) in [6, 6.07) is 6.10. The van der Waals surface area contributed by atoms with Crippen LogP contribution in [0.25, 0.3) is 5.65 Å². The van der Waals surface area contributed by atoms with E-state index in [1.165, 1.54) is 5.69 Å². The molecule has 2 aromatic heterocycles. The number of aliphatic imine (C=N–C) groups is 1. The third-order valence-corrected chi connectivity index (χ3v) is 3.60. The molecule has 0 unspecified atom stereocenters. The Morgan fingerprint density at radius 1 is 1.24 bits per heavy atom. The van der Waals surface area contributed by atoms with Gasteiger partial charge in [0.05, 0.1) is 25.5 Å². The molecule has 0 aliphatic carbocycles. The molecule has 0 radical (unpaired) electrons. The van der Waals surface area contributed by atoms with Gasteiger partial charge in [-0.15, -0.1) is 24.0 Å². The van der Waals surface area contributed by atoms with Gasteiger partial charge in [0.25, 0.3) is 0 Å². The van der Waals surface area contributed by atoms with Gasteiger partial charge < -0.3 is 24.5 Å². The first-order valence-electron chi connectivity index (χ1n) is 8.19. The lowest BCUT2D eigenvalue weighted by atomic mass is 10.4. The van der Waals surface area contributed by atoms with Crippen LogP contribution in [0.2, 0.25) is 0 Å². The first-order chi connectivity index (χ1) is 11.7. The van der Waals surface area contributed by atoms with Crippen LogP contribution < -0.4 is 10.6 Å². The maximum atomic E-state index is 5.43. The van der Waals surface area contributed by atoms with Crippen LogP contribution in [-0.2, 0) is 16.0 Å². The zero-order valence-corrected chi connectivity index (χ0v) is 17.4. The maximum absolute atomic E-state index is 5.43. The number of nitrogens with one attached hydrogen (secondary N) is 2. The van der Waals surface area contributed by atoms with E-state index in [-0.39, 0.29) is 24.0 Å². The van der Waals surface area contributed by atoms with Crippen molar-refractivity contribution in [2.45, 2.75) is 19.9 Å². The molecule has 140 valence electrons. The summed E-state index contributed by atoms with van der Waals surface area (Å²) in [5.74, 6) is 0.765. The second-order valence-corrected chi connectivity index (χ2v) is 5.44. The average molecular weight is 461 g/mol. The number of nitrogens with zero attached hydrogens (tertiary/aromatic N) is 3. The molecule has 8 heteroatoms. The molecule has 25 heavy (non-hydrogen) atoms. The predicted molar refractivity (Wildman–Crippen MR) is 111 cm³/mol. The van der Waals surface area contributed by atoms with E-state index in [4.69, 9.17) is 9.47 Å². The lowest BCUT2D eigenvalue weighted by Gasteiger charge is -2.11. The van der Waals surface area contributed by atoms with E-state index in [0.29, 0.717) is 26.4 Å². The summed E-state index contributed by atoms with van der Waals surface area (Å²) >= 11 is 0. The van der Waals surface area contributed by atoms with Gasteiger partial charge in [-0.1, -0.05) is 6.07 Å². The van der Waals surface area contributed by atoms with Crippen molar-refractivity contribution in [3.05, 3.63) is 35.8 Å². The van der Waals surface area contributed by atoms with E-state index in [1.54, 1.807) is 14.2 Å². The topological polar surface area (TPSA) is 72.2 Å². The van der Waals surface area contributed by atoms with Crippen LogP contribution in [-0.4, -0.2) is 55.9 Å². The predicted octanol–water partition coefficient (Wildman–Crippen LogP) is 1.98. The molecular formula is C17H28IN5O2. The fraction of sp³-hybridized carbons (Fsp3) is 0.529. The number of methoxy groups -OCH3 is 1. The Hall–Kier alpha value is -1.39. The number of aromatic nitrogens is 2. The quantitative estimate of drug-likeness (QED) is 0.259. The number of hydrogen-bond acceptors (Lipinski definition) is 4. The van der Waals surface area contributed by atoms with Crippen molar-refractivity contribution >= 4 is 35.6 Å². The van der Waals surface area contributed by atoms with Crippen molar-refractivity contribution in [1.82, 2.24) is 20.0 Å². The van der Waals surface area contributed by atoms with Gasteiger partial charge >= 0.3 is 0 Å². The van der Waals surface area contributed by atoms with Gasteiger partial charge in [0.2, 0.25) is 0 Å². The molecule has 2 heterocycles. The van der Waals surface area contributed by atoms with Gasteiger partial charge in [0.15, 0.2) is 5.96 Å². The summed E-state index contributed by atoms with van der Waals surface area (Å²) in [5, 5.41) is 6.55. The van der Waals surface area contributed by atoms with Crippen LogP contribution in [0.5, 0.6) is 0 Å². The molecule has 0 saturated carbocycles. The van der Waals surface area contributed by atoms with Crippen LogP contribution in [0.3, 0.4) is 0 Å². The van der Waals surface area contributed by atoms with Gasteiger partial charge in [0, 0.05) is 39.2 Å². The van der Waals surface area contributed by atoms with Crippen molar-refractivity contribution in [2.24, 2.45) is 4.99 Å². The summed E-state index contributed by atoms with van der Waals surface area (Å²) < 4.78 is 12.4. The van der Waals surface area contributed by atoms with Crippen molar-refractivity contribution in [3.8, 4) is 0 Å². The van der Waals surface area contributed by atoms with Crippen molar-refractivity contribution in [1.29, 1.82) is 0 Å². The molecular weight excluding hydrogens is 433 g/mol. The Kier molecular flexibility index (Phi) is 10.4. The van der Waals surface area contributed by atoms with Crippen LogP contribution in [0.4, 0.5) is 0 Å². The highest BCUT2D eigenvalue weighted by molar-refractivity contribution is 14.0. The smallest absolute Gasteiger partial charge is 0.191 e. The van der Waals surface area contributed by atoms with E-state index in [2.05, 4.69) is 44.2 Å². The van der Waals surface area contributed by atoms with Gasteiger partial charge in [-0.3, -0.25) is 4.99 Å². The van der Waals surface area contributed by atoms with Crippen molar-refractivity contribution < 1.29 is 9.47 Å². The molecule has 2 N–H and O–H groups in total. The molecule has 2 rings (SSSR count). The van der Waals surface area contributed by atoms with Gasteiger partial charge in [-0.2, -0.15) is 0 Å².